The Labute approximate surface area is 104 Å². The molecule has 1 aromatic rings. The van der Waals surface area contributed by atoms with Gasteiger partial charge >= 0.3 is 5.97 Å². The van der Waals surface area contributed by atoms with Crippen LogP contribution >= 0.6 is 0 Å². The summed E-state index contributed by atoms with van der Waals surface area (Å²) in [6, 6.07) is 3.18. The van der Waals surface area contributed by atoms with Crippen LogP contribution in [0.5, 0.6) is 0 Å². The predicted octanol–water partition coefficient (Wildman–Crippen LogP) is -0.544. The zero-order valence-electron chi connectivity index (χ0n) is 9.97. The molecular weight excluding hydrogens is 236 g/mol. The van der Waals surface area contributed by atoms with Crippen molar-refractivity contribution in [3.05, 3.63) is 30.1 Å². The molecule has 7 heteroatoms. The molecule has 1 aromatic heterocycles. The first kappa shape index (κ1) is 13.6. The Morgan fingerprint density at radius 3 is 2.72 bits per heavy atom. The van der Waals surface area contributed by atoms with E-state index in [2.05, 4.69) is 20.2 Å². The maximum atomic E-state index is 11.6. The molecule has 0 spiro atoms. The number of nitrogens with zero attached hydrogens (tertiary/aromatic N) is 1. The van der Waals surface area contributed by atoms with Gasteiger partial charge in [-0.25, -0.2) is 10.4 Å². The molecular formula is C11H15N4O3+. The summed E-state index contributed by atoms with van der Waals surface area (Å²) in [6.45, 7) is 1.97. The van der Waals surface area contributed by atoms with E-state index in [1.807, 2.05) is 0 Å². The number of nitrogens with one attached hydrogen (secondary N) is 2. The first-order valence-corrected chi connectivity index (χ1v) is 5.37. The van der Waals surface area contributed by atoms with E-state index in [-0.39, 0.29) is 18.9 Å². The molecule has 0 aliphatic carbocycles. The van der Waals surface area contributed by atoms with Crippen LogP contribution in [0, 0.1) is 0 Å². The number of hydrogen-bond donors (Lipinski definition) is 2. The van der Waals surface area contributed by atoms with Crippen molar-refractivity contribution in [2.75, 3.05) is 6.61 Å². The van der Waals surface area contributed by atoms with Crippen molar-refractivity contribution < 1.29 is 19.3 Å². The Morgan fingerprint density at radius 1 is 1.44 bits per heavy atom. The fraction of sp³-hybridized carbons (Fsp3) is 0.273. The molecule has 0 saturated heterocycles. The van der Waals surface area contributed by atoms with Gasteiger partial charge in [-0.05, 0) is 6.92 Å². The third kappa shape index (κ3) is 4.60. The van der Waals surface area contributed by atoms with Crippen LogP contribution in [0.2, 0.25) is 0 Å². The van der Waals surface area contributed by atoms with E-state index in [1.54, 1.807) is 31.5 Å². The maximum Gasteiger partial charge on any atom is 0.313 e. The minimum atomic E-state index is -0.484. The Kier molecular flexibility index (Phi) is 5.30. The highest BCUT2D eigenvalue weighted by molar-refractivity contribution is 5.98. The van der Waals surface area contributed by atoms with Gasteiger partial charge in [0.2, 0.25) is 0 Å². The zero-order valence-corrected chi connectivity index (χ0v) is 9.97. The smallest absolute Gasteiger partial charge is 0.313 e. The van der Waals surface area contributed by atoms with Crippen molar-refractivity contribution >= 4 is 17.7 Å². The number of aromatic nitrogens is 1. The molecule has 7 nitrogen and oxygen atoms in total. The van der Waals surface area contributed by atoms with Gasteiger partial charge in [-0.15, -0.1) is 0 Å². The van der Waals surface area contributed by atoms with E-state index in [0.717, 1.165) is 0 Å². The Balaban J connectivity index is 2.48. The van der Waals surface area contributed by atoms with Crippen LogP contribution in [0.25, 0.3) is 0 Å². The standard InChI is InChI=1S/C11H14N4O3/c1-2-18-10(16)7-9(12)14-15-11(17)8-3-5-13-6-4-8/h3-6H,2,7H2,1H3,(H2,12,14)(H,15,17)/p+1. The Hall–Kier alpha value is -2.44. The summed E-state index contributed by atoms with van der Waals surface area (Å²) in [5, 5.41) is 3.61. The highest BCUT2D eigenvalue weighted by Crippen LogP contribution is 1.94. The number of ether oxygens (including phenoxy) is 1. The molecule has 0 aliphatic rings. The lowest BCUT2D eigenvalue weighted by molar-refractivity contribution is -0.378. The fourth-order valence-electron chi connectivity index (χ4n) is 1.12. The van der Waals surface area contributed by atoms with Gasteiger partial charge in [0.25, 0.3) is 5.91 Å². The second kappa shape index (κ2) is 7.00. The summed E-state index contributed by atoms with van der Waals surface area (Å²) in [5.74, 6) is -0.901. The number of hydrazone groups is 1. The van der Waals surface area contributed by atoms with Crippen molar-refractivity contribution in [1.29, 1.82) is 0 Å². The number of carbonyl (C=O) groups excluding carboxylic acids is 2. The lowest BCUT2D eigenvalue weighted by Gasteiger charge is -2.02. The molecule has 96 valence electrons. The van der Waals surface area contributed by atoms with Crippen LogP contribution in [-0.2, 0) is 9.53 Å². The van der Waals surface area contributed by atoms with Crippen LogP contribution in [0.15, 0.2) is 29.6 Å². The number of hydrogen-bond acceptors (Lipinski definition) is 4. The first-order valence-electron chi connectivity index (χ1n) is 5.37. The number of pyridine rings is 1. The van der Waals surface area contributed by atoms with Crippen LogP contribution in [-0.4, -0.2) is 24.3 Å². The number of H-pyrrole nitrogens is 1. The number of aromatic amines is 1. The van der Waals surface area contributed by atoms with Gasteiger partial charge < -0.3 is 10.5 Å². The molecule has 0 unspecified atom stereocenters. The number of nitrogens with two attached hydrogens (primary N) is 1. The minimum Gasteiger partial charge on any atom is -0.466 e. The highest BCUT2D eigenvalue weighted by atomic mass is 16.5. The molecule has 0 aliphatic heterocycles. The quantitative estimate of drug-likeness (QED) is 0.317. The Bertz CT molecular complexity index is 445. The van der Waals surface area contributed by atoms with Crippen LogP contribution < -0.4 is 16.1 Å². The molecule has 4 N–H and O–H groups in total. The van der Waals surface area contributed by atoms with E-state index in [1.165, 1.54) is 0 Å². The van der Waals surface area contributed by atoms with Crippen LogP contribution in [0.4, 0.5) is 0 Å². The monoisotopic (exact) mass is 251 g/mol. The second-order valence-corrected chi connectivity index (χ2v) is 3.31. The number of amidine groups is 1. The lowest BCUT2D eigenvalue weighted by Crippen LogP contribution is -2.26. The van der Waals surface area contributed by atoms with Crippen molar-refractivity contribution in [3.63, 3.8) is 0 Å². The van der Waals surface area contributed by atoms with Gasteiger partial charge in [0.15, 0.2) is 12.4 Å². The van der Waals surface area contributed by atoms with Gasteiger partial charge in [0.05, 0.1) is 12.2 Å². The van der Waals surface area contributed by atoms with E-state index in [9.17, 15) is 9.59 Å². The molecule has 1 heterocycles. The molecule has 1 rings (SSSR count). The normalized spacial score (nSPS) is 10.8. The molecule has 0 atom stereocenters. The largest absolute Gasteiger partial charge is 0.466 e. The fourth-order valence-corrected chi connectivity index (χ4v) is 1.12. The van der Waals surface area contributed by atoms with Crippen molar-refractivity contribution in [2.24, 2.45) is 10.8 Å². The number of rotatable bonds is 5. The van der Waals surface area contributed by atoms with Gasteiger partial charge in [0, 0.05) is 12.1 Å². The predicted molar refractivity (Wildman–Crippen MR) is 63.3 cm³/mol. The molecule has 0 fully saturated rings. The third-order valence-corrected chi connectivity index (χ3v) is 1.91. The van der Waals surface area contributed by atoms with E-state index >= 15 is 0 Å². The number of esters is 1. The molecule has 0 saturated carbocycles. The molecule has 0 aromatic carbocycles. The molecule has 0 radical (unpaired) electrons. The Morgan fingerprint density at radius 2 is 2.11 bits per heavy atom. The van der Waals surface area contributed by atoms with E-state index in [0.29, 0.717) is 5.56 Å². The second-order valence-electron chi connectivity index (χ2n) is 3.31. The topological polar surface area (TPSA) is 108 Å². The molecule has 18 heavy (non-hydrogen) atoms. The summed E-state index contributed by atoms with van der Waals surface area (Å²) in [5.41, 5.74) is 8.14. The summed E-state index contributed by atoms with van der Waals surface area (Å²) >= 11 is 0. The van der Waals surface area contributed by atoms with Crippen molar-refractivity contribution in [1.82, 2.24) is 5.43 Å². The summed E-state index contributed by atoms with van der Waals surface area (Å²) in [4.78, 5) is 25.4. The summed E-state index contributed by atoms with van der Waals surface area (Å²) in [6.07, 6.45) is 3.07. The first-order chi connectivity index (χ1) is 8.63. The third-order valence-electron chi connectivity index (χ3n) is 1.91. The van der Waals surface area contributed by atoms with Gasteiger partial charge in [-0.3, -0.25) is 9.59 Å². The summed E-state index contributed by atoms with van der Waals surface area (Å²) in [7, 11) is 0. The average Bonchev–Trinajstić information content (AvgIpc) is 2.37. The zero-order chi connectivity index (χ0) is 13.4. The molecule has 0 bridgehead atoms. The molecule has 1 amide bonds. The number of carbonyl (C=O) groups is 2. The van der Waals surface area contributed by atoms with E-state index < -0.39 is 11.9 Å². The van der Waals surface area contributed by atoms with Crippen LogP contribution in [0.3, 0.4) is 0 Å². The summed E-state index contributed by atoms with van der Waals surface area (Å²) < 4.78 is 4.69. The van der Waals surface area contributed by atoms with Gasteiger partial charge in [-0.1, -0.05) is 0 Å². The van der Waals surface area contributed by atoms with Crippen molar-refractivity contribution in [2.45, 2.75) is 13.3 Å². The number of amides is 1. The van der Waals surface area contributed by atoms with E-state index in [4.69, 9.17) is 5.73 Å². The SMILES string of the molecule is CCOC(=O)CC(N)=NNC(=O)c1cc[nH+]cc1. The highest BCUT2D eigenvalue weighted by Gasteiger charge is 2.07. The van der Waals surface area contributed by atoms with Gasteiger partial charge in [0.1, 0.15) is 12.3 Å². The lowest BCUT2D eigenvalue weighted by atomic mass is 10.3. The van der Waals surface area contributed by atoms with Crippen LogP contribution in [0.1, 0.15) is 23.7 Å². The minimum absolute atomic E-state index is 0.00991. The van der Waals surface area contributed by atoms with Gasteiger partial charge in [-0.2, -0.15) is 5.10 Å². The van der Waals surface area contributed by atoms with Crippen molar-refractivity contribution in [3.8, 4) is 0 Å². The maximum absolute atomic E-state index is 11.6. The average molecular weight is 251 g/mol.